The lowest BCUT2D eigenvalue weighted by atomic mass is 10.0. The average molecular weight is 488 g/mol. The first-order valence-electron chi connectivity index (χ1n) is 10.8. The molecule has 2 heterocycles. The second kappa shape index (κ2) is 9.24. The lowest BCUT2D eigenvalue weighted by Gasteiger charge is -2.29. The summed E-state index contributed by atoms with van der Waals surface area (Å²) < 4.78 is 15.0. The molecule has 0 atom stereocenters. The number of carbonyl (C=O) groups is 2. The van der Waals surface area contributed by atoms with Gasteiger partial charge in [-0.05, 0) is 75.0 Å². The smallest absolute Gasteiger partial charge is 0.259 e. The fraction of sp³-hybridized carbons (Fsp3) is 0.192. The minimum Gasteiger partial charge on any atom is -0.348 e. The number of nitrogens with zero attached hydrogens (tertiary/aromatic N) is 4. The van der Waals surface area contributed by atoms with E-state index in [1.165, 1.54) is 17.2 Å². The number of nitrogens with one attached hydrogen (secondary N) is 1. The first-order chi connectivity index (χ1) is 16.6. The molecule has 0 radical (unpaired) electrons. The topological polar surface area (TPSA) is 69.9 Å². The third kappa shape index (κ3) is 4.36. The van der Waals surface area contributed by atoms with E-state index < -0.39 is 11.4 Å². The van der Waals surface area contributed by atoms with E-state index in [1.54, 1.807) is 74.3 Å². The van der Waals surface area contributed by atoms with Gasteiger partial charge in [0.25, 0.3) is 11.8 Å². The fourth-order valence-electron chi connectivity index (χ4n) is 3.95. The number of thiocarbonyl (C=S) groups is 1. The van der Waals surface area contributed by atoms with Crippen molar-refractivity contribution < 1.29 is 14.0 Å². The van der Waals surface area contributed by atoms with Gasteiger partial charge in [-0.2, -0.15) is 0 Å². The molecule has 4 rings (SSSR count). The molecule has 1 fully saturated rings. The Bertz CT molecular complexity index is 1380. The molecule has 9 heteroatoms. The molecule has 35 heavy (non-hydrogen) atoms. The molecule has 3 aromatic rings. The maximum Gasteiger partial charge on any atom is 0.259 e. The first kappa shape index (κ1) is 24.0. The monoisotopic (exact) mass is 487 g/mol. The van der Waals surface area contributed by atoms with E-state index in [9.17, 15) is 9.59 Å². The lowest BCUT2D eigenvalue weighted by molar-refractivity contribution is -0.120. The number of rotatable bonds is 5. The van der Waals surface area contributed by atoms with Gasteiger partial charge in [0.2, 0.25) is 0 Å². The standard InChI is InChI=1S/C26H22FN5O2S/c1-16-12-19(9-10-22(16)28-4)31-24(34)26(2,3)32(25(31)35)20-8-7-17(21(27)13-20)15-30-23(33)18-6-5-11-29-14-18/h5-14H,15H2,1-3H3,(H,30,33). The maximum absolute atomic E-state index is 15.0. The Morgan fingerprint density at radius 3 is 2.57 bits per heavy atom. The van der Waals surface area contributed by atoms with Gasteiger partial charge in [-0.25, -0.2) is 9.24 Å². The van der Waals surface area contributed by atoms with Crippen molar-refractivity contribution >= 4 is 46.2 Å². The molecular weight excluding hydrogens is 465 g/mol. The van der Waals surface area contributed by atoms with Gasteiger partial charge in [0, 0.05) is 35.9 Å². The number of aromatic nitrogens is 1. The highest BCUT2D eigenvalue weighted by atomic mass is 32.1. The third-order valence-electron chi connectivity index (χ3n) is 5.89. The molecule has 1 saturated heterocycles. The van der Waals surface area contributed by atoms with Crippen molar-refractivity contribution in [1.82, 2.24) is 10.3 Å². The van der Waals surface area contributed by atoms with Crippen LogP contribution in [-0.4, -0.2) is 27.4 Å². The number of amides is 2. The van der Waals surface area contributed by atoms with Crippen LogP contribution in [0.5, 0.6) is 0 Å². The number of pyridine rings is 1. The SMILES string of the molecule is [C-]#[N+]c1ccc(N2C(=O)C(C)(C)N(c3ccc(CNC(=O)c4cccnc4)c(F)c3)C2=S)cc1C. The van der Waals surface area contributed by atoms with Crippen LogP contribution in [0, 0.1) is 19.3 Å². The molecule has 176 valence electrons. The second-order valence-corrected chi connectivity index (χ2v) is 8.97. The normalized spacial score (nSPS) is 14.7. The summed E-state index contributed by atoms with van der Waals surface area (Å²) >= 11 is 5.66. The van der Waals surface area contributed by atoms with Crippen LogP contribution in [0.2, 0.25) is 0 Å². The van der Waals surface area contributed by atoms with Crippen LogP contribution in [0.1, 0.15) is 35.3 Å². The van der Waals surface area contributed by atoms with Crippen molar-refractivity contribution in [1.29, 1.82) is 0 Å². The maximum atomic E-state index is 15.0. The van der Waals surface area contributed by atoms with Crippen molar-refractivity contribution in [3.8, 4) is 0 Å². The Kier molecular flexibility index (Phi) is 6.33. The van der Waals surface area contributed by atoms with Crippen molar-refractivity contribution in [3.05, 3.63) is 94.8 Å². The van der Waals surface area contributed by atoms with Crippen molar-refractivity contribution in [2.75, 3.05) is 9.80 Å². The van der Waals surface area contributed by atoms with Crippen molar-refractivity contribution in [2.45, 2.75) is 32.9 Å². The molecule has 1 aromatic heterocycles. The van der Waals surface area contributed by atoms with Gasteiger partial charge in [-0.3, -0.25) is 19.5 Å². The minimum absolute atomic E-state index is 0.00852. The van der Waals surface area contributed by atoms with Gasteiger partial charge in [0.15, 0.2) is 10.8 Å². The van der Waals surface area contributed by atoms with E-state index in [1.807, 2.05) is 0 Å². The summed E-state index contributed by atoms with van der Waals surface area (Å²) in [7, 11) is 0. The molecule has 1 aliphatic rings. The summed E-state index contributed by atoms with van der Waals surface area (Å²) in [6, 6.07) is 12.9. The molecule has 1 aliphatic heterocycles. The van der Waals surface area contributed by atoms with Crippen LogP contribution in [0.25, 0.3) is 4.85 Å². The Morgan fingerprint density at radius 2 is 1.94 bits per heavy atom. The van der Waals surface area contributed by atoms with Gasteiger partial charge in [0.1, 0.15) is 11.4 Å². The fourth-order valence-corrected chi connectivity index (χ4v) is 4.48. The van der Waals surface area contributed by atoms with Crippen molar-refractivity contribution in [2.24, 2.45) is 0 Å². The van der Waals surface area contributed by atoms with E-state index in [-0.39, 0.29) is 23.5 Å². The largest absolute Gasteiger partial charge is 0.348 e. The highest BCUT2D eigenvalue weighted by Crippen LogP contribution is 2.38. The van der Waals surface area contributed by atoms with E-state index in [0.29, 0.717) is 28.2 Å². The summed E-state index contributed by atoms with van der Waals surface area (Å²) in [5, 5.41) is 2.89. The van der Waals surface area contributed by atoms with E-state index >= 15 is 4.39 Å². The zero-order valence-corrected chi connectivity index (χ0v) is 20.2. The summed E-state index contributed by atoms with van der Waals surface area (Å²) in [5.41, 5.74) is 1.81. The molecule has 1 N–H and O–H groups in total. The van der Waals surface area contributed by atoms with Crippen LogP contribution < -0.4 is 15.1 Å². The number of hydrogen-bond donors (Lipinski definition) is 1. The number of halogens is 1. The van der Waals surface area contributed by atoms with Gasteiger partial charge >= 0.3 is 0 Å². The Hall–Kier alpha value is -4.16. The molecule has 0 bridgehead atoms. The predicted octanol–water partition coefficient (Wildman–Crippen LogP) is 4.93. The quantitative estimate of drug-likeness (QED) is 0.408. The Morgan fingerprint density at radius 1 is 1.20 bits per heavy atom. The van der Waals surface area contributed by atoms with E-state index in [0.717, 1.165) is 5.56 Å². The number of carbonyl (C=O) groups excluding carboxylic acids is 2. The Labute approximate surface area is 208 Å². The molecule has 0 aliphatic carbocycles. The van der Waals surface area contributed by atoms with Crippen LogP contribution in [0.15, 0.2) is 60.9 Å². The van der Waals surface area contributed by atoms with Gasteiger partial charge in [-0.15, -0.1) is 0 Å². The molecule has 0 saturated carbocycles. The molecule has 7 nitrogen and oxygen atoms in total. The molecular formula is C26H22FN5O2S. The van der Waals surface area contributed by atoms with E-state index in [2.05, 4.69) is 15.1 Å². The highest BCUT2D eigenvalue weighted by molar-refractivity contribution is 7.81. The number of benzene rings is 2. The Balaban J connectivity index is 1.58. The van der Waals surface area contributed by atoms with Crippen molar-refractivity contribution in [3.63, 3.8) is 0 Å². The average Bonchev–Trinajstić information content (AvgIpc) is 3.01. The van der Waals surface area contributed by atoms with Crippen LogP contribution in [0.3, 0.4) is 0 Å². The highest BCUT2D eigenvalue weighted by Gasteiger charge is 2.50. The molecule has 0 unspecified atom stereocenters. The predicted molar refractivity (Wildman–Crippen MR) is 136 cm³/mol. The second-order valence-electron chi connectivity index (χ2n) is 8.60. The lowest BCUT2D eigenvalue weighted by Crippen LogP contribution is -2.44. The number of hydrogen-bond acceptors (Lipinski definition) is 4. The van der Waals surface area contributed by atoms with Crippen LogP contribution in [-0.2, 0) is 11.3 Å². The van der Waals surface area contributed by atoms with Gasteiger partial charge in [0.05, 0.1) is 12.1 Å². The van der Waals surface area contributed by atoms with Gasteiger partial charge < -0.3 is 10.2 Å². The first-order valence-corrected chi connectivity index (χ1v) is 11.2. The van der Waals surface area contributed by atoms with E-state index in [4.69, 9.17) is 18.8 Å². The number of aryl methyl sites for hydroxylation is 1. The summed E-state index contributed by atoms with van der Waals surface area (Å²) in [5.74, 6) is -1.15. The summed E-state index contributed by atoms with van der Waals surface area (Å²) in [6.45, 7) is 12.5. The van der Waals surface area contributed by atoms with Crippen LogP contribution >= 0.6 is 12.2 Å². The van der Waals surface area contributed by atoms with Gasteiger partial charge in [-0.1, -0.05) is 12.1 Å². The zero-order valence-electron chi connectivity index (χ0n) is 19.4. The van der Waals surface area contributed by atoms with Crippen LogP contribution in [0.4, 0.5) is 21.5 Å². The third-order valence-corrected chi connectivity index (χ3v) is 6.25. The minimum atomic E-state index is -1.06. The summed E-state index contributed by atoms with van der Waals surface area (Å²) in [4.78, 5) is 36.0. The molecule has 2 aromatic carbocycles. The molecule has 0 spiro atoms. The molecule has 2 amide bonds. The zero-order chi connectivity index (χ0) is 25.3. The number of anilines is 2. The summed E-state index contributed by atoms with van der Waals surface area (Å²) in [6.07, 6.45) is 3.00.